The Hall–Kier alpha value is -2.21. The first-order valence-corrected chi connectivity index (χ1v) is 10.6. The van der Waals surface area contributed by atoms with Gasteiger partial charge in [-0.05, 0) is 69.9 Å². The number of hydrogen-bond acceptors (Lipinski definition) is 5. The third-order valence-electron chi connectivity index (χ3n) is 5.73. The average Bonchev–Trinajstić information content (AvgIpc) is 3.26. The van der Waals surface area contributed by atoms with E-state index >= 15 is 0 Å². The van der Waals surface area contributed by atoms with Crippen LogP contribution in [0.25, 0.3) is 11.0 Å². The van der Waals surface area contributed by atoms with E-state index in [-0.39, 0.29) is 11.9 Å². The van der Waals surface area contributed by atoms with Crippen molar-refractivity contribution in [1.82, 2.24) is 15.0 Å². The Bertz CT molecular complexity index is 1020. The number of benzene rings is 1. The Morgan fingerprint density at radius 2 is 2.00 bits per heavy atom. The van der Waals surface area contributed by atoms with Gasteiger partial charge in [-0.15, -0.1) is 16.4 Å². The molecule has 0 radical (unpaired) electrons. The lowest BCUT2D eigenvalue weighted by molar-refractivity contribution is -0.151. The number of carbonyl (C=O) groups is 1. The van der Waals surface area contributed by atoms with Crippen LogP contribution in [0.5, 0.6) is 0 Å². The first-order chi connectivity index (χ1) is 13.3. The molecule has 0 saturated heterocycles. The summed E-state index contributed by atoms with van der Waals surface area (Å²) < 4.78 is 7.08. The van der Waals surface area contributed by atoms with Gasteiger partial charge in [0.15, 0.2) is 0 Å². The molecule has 3 rings (SSSR count). The molecule has 28 heavy (non-hydrogen) atoms. The summed E-state index contributed by atoms with van der Waals surface area (Å²) in [4.78, 5) is 15.3. The van der Waals surface area contributed by atoms with Crippen LogP contribution in [0.15, 0.2) is 18.2 Å². The molecule has 150 valence electrons. The van der Waals surface area contributed by atoms with Crippen LogP contribution in [0, 0.1) is 19.3 Å². The zero-order chi connectivity index (χ0) is 20.6. The second-order valence-electron chi connectivity index (χ2n) is 7.78. The number of hydrogen-bond donors (Lipinski definition) is 0. The average molecular weight is 400 g/mol. The Kier molecular flexibility index (Phi) is 5.62. The number of fused-ring (bicyclic) bond motifs is 1. The summed E-state index contributed by atoms with van der Waals surface area (Å²) in [5.41, 5.74) is 4.72. The molecule has 5 nitrogen and oxygen atoms in total. The molecule has 0 aliphatic rings. The van der Waals surface area contributed by atoms with Crippen LogP contribution in [0.4, 0.5) is 0 Å². The molecule has 2 heterocycles. The van der Waals surface area contributed by atoms with Gasteiger partial charge < -0.3 is 4.74 Å². The molecular weight excluding hydrogens is 370 g/mol. The maximum atomic E-state index is 12.8. The van der Waals surface area contributed by atoms with Crippen molar-refractivity contribution in [2.75, 3.05) is 7.11 Å². The van der Waals surface area contributed by atoms with Crippen LogP contribution < -0.4 is 0 Å². The highest BCUT2D eigenvalue weighted by Crippen LogP contribution is 2.46. The van der Waals surface area contributed by atoms with Crippen molar-refractivity contribution < 1.29 is 9.53 Å². The van der Waals surface area contributed by atoms with E-state index in [9.17, 15) is 4.79 Å². The minimum Gasteiger partial charge on any atom is -0.469 e. The van der Waals surface area contributed by atoms with E-state index in [4.69, 9.17) is 4.74 Å². The maximum Gasteiger partial charge on any atom is 0.312 e. The number of thiophene rings is 1. The number of ether oxygens (including phenoxy) is 1. The van der Waals surface area contributed by atoms with Crippen molar-refractivity contribution in [3.8, 4) is 0 Å². The van der Waals surface area contributed by atoms with E-state index < -0.39 is 5.41 Å². The zero-order valence-electron chi connectivity index (χ0n) is 17.8. The van der Waals surface area contributed by atoms with Crippen LogP contribution in [-0.2, 0) is 22.5 Å². The molecule has 6 heteroatoms. The highest BCUT2D eigenvalue weighted by molar-refractivity contribution is 7.12. The van der Waals surface area contributed by atoms with Gasteiger partial charge in [0.05, 0.1) is 18.0 Å². The summed E-state index contributed by atoms with van der Waals surface area (Å²) >= 11 is 1.77. The van der Waals surface area contributed by atoms with E-state index in [0.717, 1.165) is 35.1 Å². The van der Waals surface area contributed by atoms with Crippen molar-refractivity contribution in [3.63, 3.8) is 0 Å². The smallest absolute Gasteiger partial charge is 0.312 e. The molecule has 0 bridgehead atoms. The largest absolute Gasteiger partial charge is 0.469 e. The van der Waals surface area contributed by atoms with Crippen LogP contribution in [-0.4, -0.2) is 28.1 Å². The van der Waals surface area contributed by atoms with E-state index in [1.807, 2.05) is 18.5 Å². The molecule has 1 unspecified atom stereocenters. The summed E-state index contributed by atoms with van der Waals surface area (Å²) in [6.07, 6.45) is 0.983. The van der Waals surface area contributed by atoms with Gasteiger partial charge in [0, 0.05) is 22.2 Å². The second-order valence-corrected chi connectivity index (χ2v) is 9.07. The van der Waals surface area contributed by atoms with Gasteiger partial charge in [0.25, 0.3) is 0 Å². The SMILES string of the molecule is CCc1cc(C(c2ccc3c(nnn3CC)c2C)C(C)(C)C(=O)OC)sc1C. The van der Waals surface area contributed by atoms with Crippen molar-refractivity contribution in [2.24, 2.45) is 5.41 Å². The van der Waals surface area contributed by atoms with Gasteiger partial charge in [-0.25, -0.2) is 4.68 Å². The molecule has 2 aromatic heterocycles. The summed E-state index contributed by atoms with van der Waals surface area (Å²) in [5.74, 6) is -0.321. The predicted octanol–water partition coefficient (Wildman–Crippen LogP) is 5.02. The molecule has 1 atom stereocenters. The van der Waals surface area contributed by atoms with E-state index in [0.29, 0.717) is 0 Å². The first kappa shape index (κ1) is 20.5. The molecule has 0 spiro atoms. The zero-order valence-corrected chi connectivity index (χ0v) is 18.6. The van der Waals surface area contributed by atoms with Gasteiger partial charge in [-0.3, -0.25) is 4.79 Å². The fourth-order valence-electron chi connectivity index (χ4n) is 4.05. The Morgan fingerprint density at radius 3 is 2.57 bits per heavy atom. The molecular formula is C22H29N3O2S. The van der Waals surface area contributed by atoms with Crippen molar-refractivity contribution >= 4 is 28.3 Å². The fraction of sp³-hybridized carbons (Fsp3) is 0.500. The van der Waals surface area contributed by atoms with Gasteiger partial charge in [-0.1, -0.05) is 18.2 Å². The molecule has 0 N–H and O–H groups in total. The maximum absolute atomic E-state index is 12.8. The minimum atomic E-state index is -0.712. The fourth-order valence-corrected chi connectivity index (χ4v) is 5.47. The van der Waals surface area contributed by atoms with Gasteiger partial charge in [0.2, 0.25) is 0 Å². The topological polar surface area (TPSA) is 57.0 Å². The Morgan fingerprint density at radius 1 is 1.29 bits per heavy atom. The van der Waals surface area contributed by atoms with E-state index in [2.05, 4.69) is 56.2 Å². The van der Waals surface area contributed by atoms with Gasteiger partial charge in [-0.2, -0.15) is 0 Å². The molecule has 0 fully saturated rings. The monoisotopic (exact) mass is 399 g/mol. The van der Waals surface area contributed by atoms with Crippen molar-refractivity contribution in [2.45, 2.75) is 60.4 Å². The summed E-state index contributed by atoms with van der Waals surface area (Å²) in [6, 6.07) is 6.45. The first-order valence-electron chi connectivity index (χ1n) is 9.76. The summed E-state index contributed by atoms with van der Waals surface area (Å²) in [5, 5.41) is 8.68. The highest BCUT2D eigenvalue weighted by Gasteiger charge is 2.42. The number of esters is 1. The molecule has 1 aromatic carbocycles. The van der Waals surface area contributed by atoms with Gasteiger partial charge in [0.1, 0.15) is 5.52 Å². The number of methoxy groups -OCH3 is 1. The number of nitrogens with zero attached hydrogens (tertiary/aromatic N) is 3. The van der Waals surface area contributed by atoms with Crippen LogP contribution in [0.2, 0.25) is 0 Å². The van der Waals surface area contributed by atoms with Crippen LogP contribution in [0.1, 0.15) is 60.1 Å². The van der Waals surface area contributed by atoms with Crippen LogP contribution >= 0.6 is 11.3 Å². The third kappa shape index (κ3) is 3.24. The lowest BCUT2D eigenvalue weighted by atomic mass is 9.72. The molecule has 0 aliphatic carbocycles. The lowest BCUT2D eigenvalue weighted by Crippen LogP contribution is -2.33. The molecule has 0 amide bonds. The van der Waals surface area contributed by atoms with E-state index in [1.54, 1.807) is 11.3 Å². The number of rotatable bonds is 6. The predicted molar refractivity (Wildman–Crippen MR) is 114 cm³/mol. The third-order valence-corrected chi connectivity index (χ3v) is 6.89. The lowest BCUT2D eigenvalue weighted by Gasteiger charge is -2.32. The Labute approximate surface area is 170 Å². The Balaban J connectivity index is 2.26. The standard InChI is InChI=1S/C22H29N3O2S/c1-8-15-12-18(28-14(15)4)19(22(5,6)21(26)27-7)16-10-11-17-20(13(16)3)23-24-25(17)9-2/h10-12,19H,8-9H2,1-7H3. The molecule has 3 aromatic rings. The second kappa shape index (κ2) is 7.66. The number of aromatic nitrogens is 3. The molecule has 0 saturated carbocycles. The minimum absolute atomic E-state index is 0.111. The highest BCUT2D eigenvalue weighted by atomic mass is 32.1. The summed E-state index contributed by atoms with van der Waals surface area (Å²) in [6.45, 7) is 13.2. The van der Waals surface area contributed by atoms with Gasteiger partial charge >= 0.3 is 5.97 Å². The quantitative estimate of drug-likeness (QED) is 0.546. The molecule has 0 aliphatic heterocycles. The number of carbonyl (C=O) groups excluding carboxylic acids is 1. The van der Waals surface area contributed by atoms with Crippen molar-refractivity contribution in [1.29, 1.82) is 0 Å². The normalized spacial score (nSPS) is 13.1. The van der Waals surface area contributed by atoms with E-state index in [1.165, 1.54) is 22.4 Å². The summed E-state index contributed by atoms with van der Waals surface area (Å²) in [7, 11) is 1.46. The van der Waals surface area contributed by atoms with Crippen LogP contribution in [0.3, 0.4) is 0 Å². The van der Waals surface area contributed by atoms with Crippen molar-refractivity contribution in [3.05, 3.63) is 44.6 Å². The number of aryl methyl sites for hydroxylation is 4.